The van der Waals surface area contributed by atoms with E-state index in [1.54, 1.807) is 0 Å². The van der Waals surface area contributed by atoms with Gasteiger partial charge in [-0.2, -0.15) is 0 Å². The second-order valence-corrected chi connectivity index (χ2v) is 11.1. The Labute approximate surface area is 132 Å². The zero-order chi connectivity index (χ0) is 16.1. The van der Waals surface area contributed by atoms with Crippen molar-refractivity contribution in [3.8, 4) is 0 Å². The van der Waals surface area contributed by atoms with Gasteiger partial charge in [-0.3, -0.25) is 4.57 Å². The molecular formula is C16H20O4PSi-. The molecule has 0 fully saturated rings. The highest BCUT2D eigenvalue weighted by atomic mass is 31.2. The van der Waals surface area contributed by atoms with Crippen LogP contribution in [0.4, 0.5) is 0 Å². The first-order valence-electron chi connectivity index (χ1n) is 7.10. The van der Waals surface area contributed by atoms with Crippen molar-refractivity contribution in [2.45, 2.75) is 12.6 Å². The third-order valence-corrected chi connectivity index (χ3v) is 9.26. The summed E-state index contributed by atoms with van der Waals surface area (Å²) in [4.78, 5) is 11.4. The average Bonchev–Trinajstić information content (AvgIpc) is 2.56. The summed E-state index contributed by atoms with van der Waals surface area (Å²) in [5.74, 6) is 0. The maximum absolute atomic E-state index is 11.4. The lowest BCUT2D eigenvalue weighted by Crippen LogP contribution is -2.56. The Morgan fingerprint density at radius 2 is 1.45 bits per heavy atom. The molecule has 22 heavy (non-hydrogen) atoms. The van der Waals surface area contributed by atoms with E-state index in [9.17, 15) is 9.46 Å². The highest BCUT2D eigenvalue weighted by Crippen LogP contribution is 2.37. The van der Waals surface area contributed by atoms with E-state index in [2.05, 4.69) is 35.3 Å². The van der Waals surface area contributed by atoms with Crippen molar-refractivity contribution in [1.82, 2.24) is 0 Å². The van der Waals surface area contributed by atoms with Gasteiger partial charge in [0.05, 0.1) is 6.61 Å². The summed E-state index contributed by atoms with van der Waals surface area (Å²) in [5.41, 5.74) is 0. The minimum Gasteiger partial charge on any atom is -0.756 e. The summed E-state index contributed by atoms with van der Waals surface area (Å²) in [6.45, 7) is 2.35. The molecule has 0 heterocycles. The number of hydrogen-bond acceptors (Lipinski definition) is 4. The van der Waals surface area contributed by atoms with E-state index in [0.29, 0.717) is 6.04 Å². The van der Waals surface area contributed by atoms with Crippen LogP contribution >= 0.6 is 7.82 Å². The third kappa shape index (κ3) is 4.15. The molecule has 0 aliphatic rings. The molecule has 2 aromatic carbocycles. The van der Waals surface area contributed by atoms with Gasteiger partial charge < -0.3 is 13.9 Å². The summed E-state index contributed by atoms with van der Waals surface area (Å²) in [5, 5.41) is 2.51. The van der Waals surface area contributed by atoms with E-state index in [1.165, 1.54) is 10.4 Å². The molecule has 0 N–H and O–H groups in total. The van der Waals surface area contributed by atoms with E-state index in [4.69, 9.17) is 4.52 Å². The summed E-state index contributed by atoms with van der Waals surface area (Å²) < 4.78 is 20.6. The fraction of sp³-hybridized carbons (Fsp3) is 0.250. The molecule has 6 heteroatoms. The van der Waals surface area contributed by atoms with Gasteiger partial charge in [0.2, 0.25) is 0 Å². The Morgan fingerprint density at radius 1 is 1.00 bits per heavy atom. The third-order valence-electron chi connectivity index (χ3n) is 3.90. The molecule has 118 valence electrons. The van der Waals surface area contributed by atoms with Crippen LogP contribution in [-0.2, 0) is 13.6 Å². The second-order valence-electron chi connectivity index (χ2n) is 5.28. The lowest BCUT2D eigenvalue weighted by atomic mass is 10.4. The number of phosphoric acid groups is 1. The first-order chi connectivity index (χ1) is 10.5. The van der Waals surface area contributed by atoms with E-state index < -0.39 is 15.9 Å². The molecule has 0 aliphatic heterocycles. The van der Waals surface area contributed by atoms with Gasteiger partial charge in [0.25, 0.3) is 7.82 Å². The van der Waals surface area contributed by atoms with E-state index in [0.717, 1.165) is 7.11 Å². The lowest BCUT2D eigenvalue weighted by molar-refractivity contribution is -0.222. The first-order valence-corrected chi connectivity index (χ1v) is 11.3. The Morgan fingerprint density at radius 3 is 1.86 bits per heavy atom. The monoisotopic (exact) mass is 335 g/mol. The van der Waals surface area contributed by atoms with Crippen molar-refractivity contribution in [2.75, 3.05) is 13.7 Å². The van der Waals surface area contributed by atoms with Crippen LogP contribution in [0.2, 0.25) is 12.6 Å². The van der Waals surface area contributed by atoms with Crippen LogP contribution in [0.5, 0.6) is 0 Å². The molecule has 1 atom stereocenters. The van der Waals surface area contributed by atoms with Crippen molar-refractivity contribution in [1.29, 1.82) is 0 Å². The summed E-state index contributed by atoms with van der Waals surface area (Å²) >= 11 is 0. The fourth-order valence-electron chi connectivity index (χ4n) is 2.48. The molecule has 0 aromatic heterocycles. The van der Waals surface area contributed by atoms with Crippen molar-refractivity contribution < 1.29 is 18.5 Å². The number of hydrogen-bond donors (Lipinski definition) is 0. The summed E-state index contributed by atoms with van der Waals surface area (Å²) in [6, 6.07) is 21.1. The van der Waals surface area contributed by atoms with Crippen molar-refractivity contribution in [3.05, 3.63) is 60.7 Å². The predicted octanol–water partition coefficient (Wildman–Crippen LogP) is 2.01. The highest BCUT2D eigenvalue weighted by molar-refractivity contribution is 7.45. The Hall–Kier alpha value is -1.23. The van der Waals surface area contributed by atoms with Crippen LogP contribution in [0.25, 0.3) is 0 Å². The molecule has 0 saturated carbocycles. The summed E-state index contributed by atoms with van der Waals surface area (Å²) in [6.07, 6.45) is 0. The number of rotatable bonds is 7. The minimum atomic E-state index is -4.17. The SMILES string of the molecule is COP(=O)([O-])OCC[Si](C)(c1ccccc1)c1ccccc1. The van der Waals surface area contributed by atoms with Crippen LogP contribution in [0.15, 0.2) is 60.7 Å². The first kappa shape index (κ1) is 17.1. The number of benzene rings is 2. The lowest BCUT2D eigenvalue weighted by Gasteiger charge is -2.30. The van der Waals surface area contributed by atoms with Gasteiger partial charge in [0.1, 0.15) is 8.07 Å². The smallest absolute Gasteiger partial charge is 0.267 e. The van der Waals surface area contributed by atoms with Gasteiger partial charge in [-0.15, -0.1) is 0 Å². The molecule has 2 aromatic rings. The molecule has 0 bridgehead atoms. The molecule has 0 amide bonds. The fourth-order valence-corrected chi connectivity index (χ4v) is 6.35. The zero-order valence-corrected chi connectivity index (χ0v) is 14.7. The van der Waals surface area contributed by atoms with Crippen LogP contribution in [0.3, 0.4) is 0 Å². The number of phosphoric ester groups is 1. The molecule has 1 unspecified atom stereocenters. The van der Waals surface area contributed by atoms with Gasteiger partial charge >= 0.3 is 0 Å². The highest BCUT2D eigenvalue weighted by Gasteiger charge is 2.31. The molecule has 0 spiro atoms. The normalized spacial score (nSPS) is 14.5. The van der Waals surface area contributed by atoms with Crippen LogP contribution in [0.1, 0.15) is 0 Å². The molecule has 2 rings (SSSR count). The van der Waals surface area contributed by atoms with Crippen molar-refractivity contribution >= 4 is 26.3 Å². The minimum absolute atomic E-state index is 0.126. The largest absolute Gasteiger partial charge is 0.756 e. The van der Waals surface area contributed by atoms with E-state index in [1.807, 2.05) is 36.4 Å². The van der Waals surface area contributed by atoms with Crippen LogP contribution in [0, 0.1) is 0 Å². The molecule has 0 radical (unpaired) electrons. The molecule has 0 aliphatic carbocycles. The van der Waals surface area contributed by atoms with Crippen molar-refractivity contribution in [2.24, 2.45) is 0 Å². The topological polar surface area (TPSA) is 58.6 Å². The Balaban J connectivity index is 2.26. The van der Waals surface area contributed by atoms with Gasteiger partial charge in [-0.25, -0.2) is 0 Å². The predicted molar refractivity (Wildman–Crippen MR) is 89.1 cm³/mol. The molecule has 4 nitrogen and oxygen atoms in total. The maximum Gasteiger partial charge on any atom is 0.267 e. The maximum atomic E-state index is 11.4. The Kier molecular flexibility index (Phi) is 5.73. The van der Waals surface area contributed by atoms with Crippen LogP contribution < -0.4 is 15.3 Å². The van der Waals surface area contributed by atoms with Gasteiger partial charge in [0, 0.05) is 7.11 Å². The quantitative estimate of drug-likeness (QED) is 0.574. The van der Waals surface area contributed by atoms with Gasteiger partial charge in [-0.05, 0) is 6.04 Å². The zero-order valence-electron chi connectivity index (χ0n) is 12.8. The summed E-state index contributed by atoms with van der Waals surface area (Å²) in [7, 11) is -5.12. The van der Waals surface area contributed by atoms with Gasteiger partial charge in [-0.1, -0.05) is 77.6 Å². The van der Waals surface area contributed by atoms with Crippen LogP contribution in [-0.4, -0.2) is 21.8 Å². The average molecular weight is 335 g/mol. The second kappa shape index (κ2) is 7.35. The standard InChI is InChI=1S/C16H21O4PSi/c1-19-21(17,18)20-13-14-22(2,15-9-5-3-6-10-15)16-11-7-4-8-12-16/h3-12H,13-14H2,1-2H3,(H,17,18)/p-1. The van der Waals surface area contributed by atoms with Gasteiger partial charge in [0.15, 0.2) is 0 Å². The molecule has 0 saturated heterocycles. The van der Waals surface area contributed by atoms with E-state index >= 15 is 0 Å². The van der Waals surface area contributed by atoms with E-state index in [-0.39, 0.29) is 6.61 Å². The Bertz CT molecular complexity index is 594. The molecular weight excluding hydrogens is 315 g/mol. The van der Waals surface area contributed by atoms with Crippen molar-refractivity contribution in [3.63, 3.8) is 0 Å².